The summed E-state index contributed by atoms with van der Waals surface area (Å²) in [5, 5.41) is 16.7. The van der Waals surface area contributed by atoms with Crippen LogP contribution in [0.15, 0.2) is 36.7 Å². The lowest BCUT2D eigenvalue weighted by molar-refractivity contribution is -0.145. The number of nitrogens with one attached hydrogen (secondary N) is 2. The SMILES string of the molecule is CCCCCC(Oc1ccc(Nc2cc(NC3CCCCC3)c3ncn(C4CCCCO4)c3n2)cc1)C(=O)O. The number of nitrogens with zero attached hydrogens (tertiary/aromatic N) is 3. The second-order valence-electron chi connectivity index (χ2n) is 10.8. The topological polar surface area (TPSA) is 111 Å². The van der Waals surface area contributed by atoms with Gasteiger partial charge in [0.15, 0.2) is 11.8 Å². The number of rotatable bonds is 12. The van der Waals surface area contributed by atoms with Crippen molar-refractivity contribution in [3.8, 4) is 5.75 Å². The van der Waals surface area contributed by atoms with Gasteiger partial charge in [0.2, 0.25) is 0 Å². The smallest absolute Gasteiger partial charge is 0.344 e. The molecule has 0 amide bonds. The molecule has 3 N–H and O–H groups in total. The molecule has 39 heavy (non-hydrogen) atoms. The maximum Gasteiger partial charge on any atom is 0.344 e. The first-order chi connectivity index (χ1) is 19.1. The molecule has 2 aromatic heterocycles. The Labute approximate surface area is 230 Å². The highest BCUT2D eigenvalue weighted by Gasteiger charge is 2.23. The zero-order valence-corrected chi connectivity index (χ0v) is 22.9. The molecule has 1 aromatic carbocycles. The number of hydrogen-bond donors (Lipinski definition) is 3. The molecule has 2 fully saturated rings. The second-order valence-corrected chi connectivity index (χ2v) is 10.8. The number of unbranched alkanes of at least 4 members (excludes halogenated alkanes) is 2. The van der Waals surface area contributed by atoms with Gasteiger partial charge in [-0.05, 0) is 69.2 Å². The summed E-state index contributed by atoms with van der Waals surface area (Å²) in [6.07, 6.45) is 13.6. The van der Waals surface area contributed by atoms with Gasteiger partial charge in [-0.1, -0.05) is 39.0 Å². The molecule has 1 saturated heterocycles. The number of carboxylic acid groups (broad SMARTS) is 1. The fraction of sp³-hybridized carbons (Fsp3) is 0.567. The molecule has 3 aromatic rings. The molecule has 2 aliphatic rings. The predicted molar refractivity (Wildman–Crippen MR) is 153 cm³/mol. The highest BCUT2D eigenvalue weighted by Crippen LogP contribution is 2.33. The molecule has 1 aliphatic heterocycles. The standard InChI is InChI=1S/C30H41N5O4/c1-2-3-5-12-25(30(36)37)39-23-16-14-22(15-17-23)33-26-19-24(32-21-10-6-4-7-11-21)28-29(34-26)35(20-31-28)27-13-8-9-18-38-27/h14-17,19-21,25,27H,2-13,18H2,1H3,(H,36,37)(H2,32,33,34). The third-order valence-corrected chi connectivity index (χ3v) is 7.71. The van der Waals surface area contributed by atoms with Crippen LogP contribution < -0.4 is 15.4 Å². The Hall–Kier alpha value is -3.33. The molecule has 1 saturated carbocycles. The average Bonchev–Trinajstić information content (AvgIpc) is 3.39. The Balaban J connectivity index is 1.36. The molecule has 0 spiro atoms. The van der Waals surface area contributed by atoms with Crippen molar-refractivity contribution in [3.05, 3.63) is 36.7 Å². The zero-order chi connectivity index (χ0) is 27.0. The van der Waals surface area contributed by atoms with Gasteiger partial charge in [-0.3, -0.25) is 4.57 Å². The Morgan fingerprint density at radius 3 is 2.64 bits per heavy atom. The van der Waals surface area contributed by atoms with Crippen LogP contribution >= 0.6 is 0 Å². The van der Waals surface area contributed by atoms with E-state index in [9.17, 15) is 9.90 Å². The minimum Gasteiger partial charge on any atom is -0.479 e. The number of fused-ring (bicyclic) bond motifs is 1. The largest absolute Gasteiger partial charge is 0.479 e. The van der Waals surface area contributed by atoms with Gasteiger partial charge in [0.25, 0.3) is 0 Å². The number of pyridine rings is 1. The van der Waals surface area contributed by atoms with E-state index >= 15 is 0 Å². The first-order valence-electron chi connectivity index (χ1n) is 14.6. The zero-order valence-electron chi connectivity index (χ0n) is 22.9. The molecule has 0 bridgehead atoms. The molecule has 1 aliphatic carbocycles. The average molecular weight is 536 g/mol. The lowest BCUT2D eigenvalue weighted by Crippen LogP contribution is -2.26. The van der Waals surface area contributed by atoms with E-state index < -0.39 is 12.1 Å². The first-order valence-corrected chi connectivity index (χ1v) is 14.6. The van der Waals surface area contributed by atoms with Gasteiger partial charge in [-0.15, -0.1) is 0 Å². The maximum atomic E-state index is 11.6. The molecule has 0 radical (unpaired) electrons. The molecular weight excluding hydrogens is 494 g/mol. The summed E-state index contributed by atoms with van der Waals surface area (Å²) in [6.45, 7) is 2.85. The normalized spacial score (nSPS) is 19.1. The summed E-state index contributed by atoms with van der Waals surface area (Å²) in [6, 6.07) is 9.86. The lowest BCUT2D eigenvalue weighted by Gasteiger charge is -2.25. The number of carbonyl (C=O) groups is 1. The van der Waals surface area contributed by atoms with E-state index in [4.69, 9.17) is 19.4 Å². The van der Waals surface area contributed by atoms with Crippen LogP contribution in [-0.2, 0) is 9.53 Å². The van der Waals surface area contributed by atoms with Crippen molar-refractivity contribution in [2.45, 2.75) is 102 Å². The Kier molecular flexibility index (Phi) is 9.19. The van der Waals surface area contributed by atoms with Gasteiger partial charge >= 0.3 is 5.97 Å². The van der Waals surface area contributed by atoms with Gasteiger partial charge < -0.3 is 25.2 Å². The second kappa shape index (κ2) is 13.2. The van der Waals surface area contributed by atoms with E-state index in [-0.39, 0.29) is 6.23 Å². The van der Waals surface area contributed by atoms with Gasteiger partial charge in [0.05, 0.1) is 12.0 Å². The van der Waals surface area contributed by atoms with Crippen LogP contribution in [0.1, 0.15) is 90.2 Å². The summed E-state index contributed by atoms with van der Waals surface area (Å²) in [5.41, 5.74) is 3.50. The number of hydrogen-bond acceptors (Lipinski definition) is 7. The van der Waals surface area contributed by atoms with E-state index in [1.54, 1.807) is 12.1 Å². The number of anilines is 3. The van der Waals surface area contributed by atoms with Crippen LogP contribution in [-0.4, -0.2) is 44.4 Å². The van der Waals surface area contributed by atoms with E-state index in [0.29, 0.717) is 18.2 Å². The van der Waals surface area contributed by atoms with Crippen molar-refractivity contribution in [2.24, 2.45) is 0 Å². The molecular formula is C30H41N5O4. The lowest BCUT2D eigenvalue weighted by atomic mass is 9.95. The van der Waals surface area contributed by atoms with E-state index in [2.05, 4.69) is 22.1 Å². The summed E-state index contributed by atoms with van der Waals surface area (Å²) >= 11 is 0. The fourth-order valence-electron chi connectivity index (χ4n) is 5.54. The number of aromatic nitrogens is 3. The minimum atomic E-state index is -0.928. The monoisotopic (exact) mass is 535 g/mol. The predicted octanol–water partition coefficient (Wildman–Crippen LogP) is 7.03. The van der Waals surface area contributed by atoms with Gasteiger partial charge in [-0.2, -0.15) is 0 Å². The van der Waals surface area contributed by atoms with Crippen molar-refractivity contribution in [3.63, 3.8) is 0 Å². The van der Waals surface area contributed by atoms with Crippen LogP contribution in [0.2, 0.25) is 0 Å². The third-order valence-electron chi connectivity index (χ3n) is 7.71. The molecule has 9 nitrogen and oxygen atoms in total. The highest BCUT2D eigenvalue weighted by molar-refractivity contribution is 5.88. The maximum absolute atomic E-state index is 11.6. The van der Waals surface area contributed by atoms with Crippen molar-refractivity contribution in [1.29, 1.82) is 0 Å². The summed E-state index contributed by atoms with van der Waals surface area (Å²) < 4.78 is 13.9. The minimum absolute atomic E-state index is 0.0510. The van der Waals surface area contributed by atoms with Crippen LogP contribution in [0.5, 0.6) is 5.75 Å². The van der Waals surface area contributed by atoms with E-state index in [1.165, 1.54) is 19.3 Å². The molecule has 2 unspecified atom stereocenters. The van der Waals surface area contributed by atoms with Crippen molar-refractivity contribution in [2.75, 3.05) is 17.2 Å². The van der Waals surface area contributed by atoms with Gasteiger partial charge in [0, 0.05) is 24.4 Å². The number of ether oxygens (including phenoxy) is 2. The molecule has 9 heteroatoms. The van der Waals surface area contributed by atoms with Crippen LogP contribution in [0.4, 0.5) is 17.2 Å². The molecule has 5 rings (SSSR count). The first kappa shape index (κ1) is 27.2. The Morgan fingerprint density at radius 1 is 1.13 bits per heavy atom. The van der Waals surface area contributed by atoms with E-state index in [0.717, 1.165) is 86.3 Å². The number of imidazole rings is 1. The quantitative estimate of drug-likeness (QED) is 0.212. The summed E-state index contributed by atoms with van der Waals surface area (Å²) in [7, 11) is 0. The van der Waals surface area contributed by atoms with E-state index in [1.807, 2.05) is 24.5 Å². The highest BCUT2D eigenvalue weighted by atomic mass is 16.5. The molecule has 210 valence electrons. The number of benzene rings is 1. The van der Waals surface area contributed by atoms with Crippen molar-refractivity contribution < 1.29 is 19.4 Å². The third kappa shape index (κ3) is 7.01. The number of aliphatic carboxylic acids is 1. The van der Waals surface area contributed by atoms with Crippen LogP contribution in [0.3, 0.4) is 0 Å². The summed E-state index contributed by atoms with van der Waals surface area (Å²) in [4.78, 5) is 21.3. The van der Waals surface area contributed by atoms with Crippen molar-refractivity contribution >= 4 is 34.3 Å². The summed E-state index contributed by atoms with van der Waals surface area (Å²) in [5.74, 6) is 0.331. The molecule has 3 heterocycles. The molecule has 2 atom stereocenters. The van der Waals surface area contributed by atoms with Gasteiger partial charge in [-0.25, -0.2) is 14.8 Å². The Bertz CT molecular complexity index is 1220. The van der Waals surface area contributed by atoms with Crippen LogP contribution in [0, 0.1) is 0 Å². The van der Waals surface area contributed by atoms with Crippen LogP contribution in [0.25, 0.3) is 11.2 Å². The fourth-order valence-corrected chi connectivity index (χ4v) is 5.54. The Morgan fingerprint density at radius 2 is 1.92 bits per heavy atom. The van der Waals surface area contributed by atoms with Crippen molar-refractivity contribution in [1.82, 2.24) is 14.5 Å². The number of carboxylic acids is 1. The van der Waals surface area contributed by atoms with Gasteiger partial charge in [0.1, 0.15) is 23.3 Å².